The first kappa shape index (κ1) is 26.4. The van der Waals surface area contributed by atoms with E-state index < -0.39 is 10.1 Å². The lowest BCUT2D eigenvalue weighted by Gasteiger charge is -2.19. The van der Waals surface area contributed by atoms with Gasteiger partial charge in [-0.25, -0.2) is 0 Å². The van der Waals surface area contributed by atoms with Crippen LogP contribution in [0.15, 0.2) is 56.4 Å². The summed E-state index contributed by atoms with van der Waals surface area (Å²) in [5.74, 6) is -0.252. The maximum atomic E-state index is 11.3. The molecule has 1 aliphatic rings. The van der Waals surface area contributed by atoms with E-state index in [9.17, 15) is 13.0 Å². The maximum Gasteiger partial charge on any atom is 0.265 e. The molecule has 0 saturated carbocycles. The van der Waals surface area contributed by atoms with E-state index in [0.717, 1.165) is 32.7 Å². The van der Waals surface area contributed by atoms with Crippen LogP contribution in [0, 0.1) is 13.8 Å². The van der Waals surface area contributed by atoms with E-state index in [-0.39, 0.29) is 5.75 Å². The summed E-state index contributed by atoms with van der Waals surface area (Å²) in [7, 11) is -3.99. The highest BCUT2D eigenvalue weighted by Crippen LogP contribution is 2.47. The minimum Gasteiger partial charge on any atom is -0.335 e. The smallest absolute Gasteiger partial charge is 0.265 e. The molecule has 4 rings (SSSR count). The molecule has 35 heavy (non-hydrogen) atoms. The maximum absolute atomic E-state index is 11.3. The van der Waals surface area contributed by atoms with E-state index in [1.807, 2.05) is 17.8 Å². The van der Waals surface area contributed by atoms with Gasteiger partial charge in [0, 0.05) is 34.5 Å². The Morgan fingerprint density at radius 1 is 1.17 bits per heavy atom. The van der Waals surface area contributed by atoms with Crippen LogP contribution >= 0.6 is 39.0 Å². The Morgan fingerprint density at radius 3 is 2.60 bits per heavy atom. The summed E-state index contributed by atoms with van der Waals surface area (Å²) >= 11 is 7.07. The van der Waals surface area contributed by atoms with Gasteiger partial charge in [-0.05, 0) is 74.2 Å². The van der Waals surface area contributed by atoms with Gasteiger partial charge < -0.3 is 4.90 Å². The first-order valence-electron chi connectivity index (χ1n) is 11.7. The predicted molar refractivity (Wildman–Crippen MR) is 152 cm³/mol. The lowest BCUT2D eigenvalue weighted by Crippen LogP contribution is -2.36. The monoisotopic (exact) mass is 593 g/mol. The molecule has 0 amide bonds. The Labute approximate surface area is 224 Å². The van der Waals surface area contributed by atoms with Gasteiger partial charge in [-0.2, -0.15) is 13.0 Å². The van der Waals surface area contributed by atoms with E-state index >= 15 is 0 Å². The van der Waals surface area contributed by atoms with Crippen molar-refractivity contribution in [1.82, 2.24) is 0 Å². The number of hydrogen-bond donors (Lipinski definition) is 1. The van der Waals surface area contributed by atoms with Crippen LogP contribution < -0.4 is 9.47 Å². The number of aromatic nitrogens is 1. The van der Waals surface area contributed by atoms with E-state index in [1.165, 1.54) is 32.3 Å². The van der Waals surface area contributed by atoms with Crippen molar-refractivity contribution in [3.63, 3.8) is 0 Å². The summed E-state index contributed by atoms with van der Waals surface area (Å²) in [4.78, 5) is 3.67. The van der Waals surface area contributed by atoms with Gasteiger partial charge in [0.2, 0.25) is 5.52 Å². The average Bonchev–Trinajstić information content (AvgIpc) is 3.29. The fourth-order valence-corrected chi connectivity index (χ4v) is 7.44. The second-order valence-electron chi connectivity index (χ2n) is 8.65. The second-order valence-corrected chi connectivity index (χ2v) is 13.3. The molecule has 1 aliphatic heterocycles. The molecule has 0 atom stereocenters. The van der Waals surface area contributed by atoms with Crippen LogP contribution in [0.1, 0.15) is 42.8 Å². The molecule has 0 fully saturated rings. The van der Waals surface area contributed by atoms with Gasteiger partial charge in [-0.15, -0.1) is 0 Å². The second kappa shape index (κ2) is 10.8. The largest absolute Gasteiger partial charge is 0.335 e. The third-order valence-corrected chi connectivity index (χ3v) is 9.67. The van der Waals surface area contributed by atoms with Crippen LogP contribution in [0.4, 0.5) is 5.69 Å². The Balaban J connectivity index is 1.73. The SMILES string of the molecule is CCC(=Cc1sc2ccc(Br)cc2[n+]1CCCS(=O)(=O)O)C=C1Sc2cc(C)c(C)cc2N1CC. The van der Waals surface area contributed by atoms with Gasteiger partial charge >= 0.3 is 0 Å². The number of aryl methyl sites for hydroxylation is 3. The number of hydrogen-bond acceptors (Lipinski definition) is 5. The molecule has 2 aromatic carbocycles. The molecule has 9 heteroatoms. The number of halogens is 1. The minimum atomic E-state index is -3.99. The van der Waals surface area contributed by atoms with Crippen LogP contribution in [0.3, 0.4) is 0 Å². The van der Waals surface area contributed by atoms with E-state index in [4.69, 9.17) is 0 Å². The molecular weight excluding hydrogens is 564 g/mol. The molecule has 2 heterocycles. The highest BCUT2D eigenvalue weighted by Gasteiger charge is 2.25. The molecule has 0 saturated heterocycles. The molecule has 3 aromatic rings. The van der Waals surface area contributed by atoms with Crippen molar-refractivity contribution in [2.75, 3.05) is 17.2 Å². The number of rotatable bonds is 8. The number of fused-ring (bicyclic) bond motifs is 2. The highest BCUT2D eigenvalue weighted by molar-refractivity contribution is 9.10. The third kappa shape index (κ3) is 6.02. The summed E-state index contributed by atoms with van der Waals surface area (Å²) in [5.41, 5.74) is 6.15. The van der Waals surface area contributed by atoms with Crippen LogP contribution in [0.25, 0.3) is 16.3 Å². The Morgan fingerprint density at radius 2 is 1.91 bits per heavy atom. The minimum absolute atomic E-state index is 0.252. The van der Waals surface area contributed by atoms with Gasteiger partial charge in [0.1, 0.15) is 4.70 Å². The molecule has 0 radical (unpaired) electrons. The van der Waals surface area contributed by atoms with Gasteiger partial charge in [0.05, 0.1) is 16.5 Å². The predicted octanol–water partition coefficient (Wildman–Crippen LogP) is 7.11. The normalized spacial score (nSPS) is 15.4. The highest BCUT2D eigenvalue weighted by atomic mass is 79.9. The lowest BCUT2D eigenvalue weighted by molar-refractivity contribution is -0.668. The molecule has 1 N–H and O–H groups in total. The van der Waals surface area contributed by atoms with Crippen molar-refractivity contribution in [3.05, 3.63) is 67.6 Å². The summed E-state index contributed by atoms with van der Waals surface area (Å²) in [6.07, 6.45) is 5.71. The van der Waals surface area contributed by atoms with Gasteiger partial charge in [0.15, 0.2) is 6.54 Å². The molecule has 1 aromatic heterocycles. The lowest BCUT2D eigenvalue weighted by atomic mass is 10.1. The van der Waals surface area contributed by atoms with Gasteiger partial charge in [-0.1, -0.05) is 46.0 Å². The molecule has 0 spiro atoms. The van der Waals surface area contributed by atoms with E-state index in [0.29, 0.717) is 13.0 Å². The number of thiazole rings is 1. The molecular formula is C26H30BrN2O3S3+. The molecule has 0 bridgehead atoms. The quantitative estimate of drug-likeness (QED) is 0.223. The third-order valence-electron chi connectivity index (χ3n) is 6.17. The zero-order valence-electron chi connectivity index (χ0n) is 20.3. The summed E-state index contributed by atoms with van der Waals surface area (Å²) in [5, 5.41) is 2.29. The van der Waals surface area contributed by atoms with Crippen LogP contribution in [0.5, 0.6) is 0 Å². The van der Waals surface area contributed by atoms with Crippen molar-refractivity contribution in [3.8, 4) is 0 Å². The van der Waals surface area contributed by atoms with Gasteiger partial charge in [-0.3, -0.25) is 4.55 Å². The molecule has 186 valence electrons. The first-order chi connectivity index (χ1) is 16.6. The Bertz CT molecular complexity index is 1440. The van der Waals surface area contributed by atoms with Crippen molar-refractivity contribution in [1.29, 1.82) is 0 Å². The number of nitrogens with zero attached hydrogens (tertiary/aromatic N) is 2. The van der Waals surface area contributed by atoms with Crippen molar-refractivity contribution in [2.24, 2.45) is 0 Å². The topological polar surface area (TPSA) is 61.5 Å². The number of benzene rings is 2. The van der Waals surface area contributed by atoms with Crippen molar-refractivity contribution < 1.29 is 17.5 Å². The van der Waals surface area contributed by atoms with E-state index in [2.05, 4.69) is 89.5 Å². The number of thioether (sulfide) groups is 1. The Kier molecular flexibility index (Phi) is 8.12. The summed E-state index contributed by atoms with van der Waals surface area (Å²) < 4.78 is 36.1. The number of anilines is 1. The van der Waals surface area contributed by atoms with Gasteiger partial charge in [0.25, 0.3) is 15.1 Å². The standard InChI is InChI=1S/C26H29BrN2O3S3/c1-5-19(14-25-28(6-2)21-12-17(3)18(4)13-24(21)34-25)15-26-29(10-7-11-35(30,31)32)22-16-20(27)8-9-23(22)33-26/h8-9,12-16H,5-7,10-11H2,1-4H3/p+1. The molecule has 0 unspecified atom stereocenters. The fraction of sp³-hybridized carbons (Fsp3) is 0.346. The van der Waals surface area contributed by atoms with Crippen molar-refractivity contribution >= 4 is 71.1 Å². The summed E-state index contributed by atoms with van der Waals surface area (Å²) in [6, 6.07) is 10.7. The zero-order chi connectivity index (χ0) is 25.3. The Hall–Kier alpha value is -1.65. The number of allylic oxidation sites excluding steroid dienone is 2. The first-order valence-corrected chi connectivity index (χ1v) is 15.7. The van der Waals surface area contributed by atoms with Crippen LogP contribution in [-0.4, -0.2) is 25.3 Å². The molecule has 5 nitrogen and oxygen atoms in total. The van der Waals surface area contributed by atoms with Crippen molar-refractivity contribution in [2.45, 2.75) is 52.0 Å². The van der Waals surface area contributed by atoms with Crippen LogP contribution in [-0.2, 0) is 16.7 Å². The average molecular weight is 595 g/mol. The fourth-order valence-electron chi connectivity index (χ4n) is 4.17. The summed E-state index contributed by atoms with van der Waals surface area (Å²) in [6.45, 7) is 10.1. The zero-order valence-corrected chi connectivity index (χ0v) is 24.4. The molecule has 0 aliphatic carbocycles. The van der Waals surface area contributed by atoms with Crippen LogP contribution in [0.2, 0.25) is 0 Å². The van der Waals surface area contributed by atoms with E-state index in [1.54, 1.807) is 11.3 Å².